The molecular weight excluding hydrogens is 354 g/mol. The summed E-state index contributed by atoms with van der Waals surface area (Å²) in [6.45, 7) is 12.4. The van der Waals surface area contributed by atoms with Crippen molar-refractivity contribution in [3.63, 3.8) is 0 Å². The lowest BCUT2D eigenvalue weighted by Gasteiger charge is -2.38. The molecule has 1 aromatic rings. The van der Waals surface area contributed by atoms with E-state index < -0.39 is 5.60 Å². The number of nitriles is 1. The average Bonchev–Trinajstić information content (AvgIpc) is 2.67. The van der Waals surface area contributed by atoms with Gasteiger partial charge in [0.25, 0.3) is 0 Å². The molecule has 0 unspecified atom stereocenters. The maximum absolute atomic E-state index is 12.3. The van der Waals surface area contributed by atoms with Crippen molar-refractivity contribution in [3.8, 4) is 6.07 Å². The topological polar surface area (TPSA) is 63.0 Å². The van der Waals surface area contributed by atoms with Gasteiger partial charge in [0.05, 0.1) is 11.6 Å². The van der Waals surface area contributed by atoms with Crippen LogP contribution in [0.1, 0.15) is 26.3 Å². The van der Waals surface area contributed by atoms with E-state index in [0.29, 0.717) is 18.7 Å². The third-order valence-electron chi connectivity index (χ3n) is 5.20. The number of hydrogen-bond acceptors (Lipinski definition) is 6. The molecule has 0 radical (unpaired) electrons. The number of ether oxygens (including phenoxy) is 1. The van der Waals surface area contributed by atoms with Crippen molar-refractivity contribution in [1.82, 2.24) is 9.80 Å². The highest BCUT2D eigenvalue weighted by Crippen LogP contribution is 2.27. The smallest absolute Gasteiger partial charge is 0.410 e. The number of carbonyl (C=O) groups is 1. The SMILES string of the molecule is CN1CCN(c2cc(C#N)cc(N3CCN(C(=O)OC(C)(C)C)CC3)c2)CC1. The Balaban J connectivity index is 1.68. The Labute approximate surface area is 168 Å². The van der Waals surface area contributed by atoms with Crippen molar-refractivity contribution in [2.45, 2.75) is 26.4 Å². The molecule has 0 bridgehead atoms. The predicted molar refractivity (Wildman–Crippen MR) is 111 cm³/mol. The predicted octanol–water partition coefficient (Wildman–Crippen LogP) is 2.37. The molecule has 0 aromatic heterocycles. The number of carbonyl (C=O) groups excluding carboxylic acids is 1. The van der Waals surface area contributed by atoms with Gasteiger partial charge in [0.1, 0.15) is 5.60 Å². The van der Waals surface area contributed by atoms with E-state index in [1.165, 1.54) is 0 Å². The zero-order chi connectivity index (χ0) is 20.3. The Bertz CT molecular complexity index is 736. The normalized spacial score (nSPS) is 18.8. The van der Waals surface area contributed by atoms with Gasteiger partial charge in [-0.05, 0) is 46.0 Å². The first-order chi connectivity index (χ1) is 13.2. The van der Waals surface area contributed by atoms with Gasteiger partial charge in [-0.3, -0.25) is 0 Å². The summed E-state index contributed by atoms with van der Waals surface area (Å²) in [5.41, 5.74) is 2.36. The van der Waals surface area contributed by atoms with Gasteiger partial charge in [0, 0.05) is 63.7 Å². The molecule has 2 fully saturated rings. The molecule has 7 heteroatoms. The lowest BCUT2D eigenvalue weighted by atomic mass is 10.1. The van der Waals surface area contributed by atoms with Crippen LogP contribution >= 0.6 is 0 Å². The van der Waals surface area contributed by atoms with Crippen LogP contribution in [0.5, 0.6) is 0 Å². The Kier molecular flexibility index (Phi) is 5.99. The van der Waals surface area contributed by atoms with Crippen molar-refractivity contribution in [2.75, 3.05) is 69.2 Å². The molecule has 2 saturated heterocycles. The van der Waals surface area contributed by atoms with Crippen molar-refractivity contribution >= 4 is 17.5 Å². The zero-order valence-electron chi connectivity index (χ0n) is 17.4. The molecule has 0 saturated carbocycles. The molecule has 0 atom stereocenters. The second-order valence-corrected chi connectivity index (χ2v) is 8.59. The molecule has 0 spiro atoms. The molecule has 0 aliphatic carbocycles. The Hall–Kier alpha value is -2.46. The van der Waals surface area contributed by atoms with E-state index in [1.807, 2.05) is 32.9 Å². The fraction of sp³-hybridized carbons (Fsp3) is 0.619. The highest BCUT2D eigenvalue weighted by Gasteiger charge is 2.26. The largest absolute Gasteiger partial charge is 0.444 e. The van der Waals surface area contributed by atoms with Gasteiger partial charge >= 0.3 is 6.09 Å². The number of likely N-dealkylation sites (N-methyl/N-ethyl adjacent to an activating group) is 1. The van der Waals surface area contributed by atoms with Gasteiger partial charge in [-0.25, -0.2) is 4.79 Å². The van der Waals surface area contributed by atoms with Crippen LogP contribution in [0.15, 0.2) is 18.2 Å². The minimum absolute atomic E-state index is 0.254. The summed E-state index contributed by atoms with van der Waals surface area (Å²) in [4.78, 5) is 21.0. The monoisotopic (exact) mass is 385 g/mol. The van der Waals surface area contributed by atoms with E-state index in [9.17, 15) is 10.1 Å². The molecule has 1 amide bonds. The minimum atomic E-state index is -0.479. The summed E-state index contributed by atoms with van der Waals surface area (Å²) in [5.74, 6) is 0. The van der Waals surface area contributed by atoms with Crippen molar-refractivity contribution in [3.05, 3.63) is 23.8 Å². The van der Waals surface area contributed by atoms with Crippen LogP contribution in [0, 0.1) is 11.3 Å². The zero-order valence-corrected chi connectivity index (χ0v) is 17.4. The van der Waals surface area contributed by atoms with Gasteiger partial charge in [-0.15, -0.1) is 0 Å². The van der Waals surface area contributed by atoms with Gasteiger partial charge in [-0.2, -0.15) is 5.26 Å². The molecule has 2 heterocycles. The van der Waals surface area contributed by atoms with Crippen LogP contribution in [-0.4, -0.2) is 80.9 Å². The first kappa shape index (κ1) is 20.3. The Morgan fingerprint density at radius 2 is 1.43 bits per heavy atom. The first-order valence-electron chi connectivity index (χ1n) is 9.97. The van der Waals surface area contributed by atoms with Crippen molar-refractivity contribution < 1.29 is 9.53 Å². The Morgan fingerprint density at radius 1 is 0.929 bits per heavy atom. The van der Waals surface area contributed by atoms with Crippen LogP contribution in [0.25, 0.3) is 0 Å². The average molecular weight is 386 g/mol. The standard InChI is InChI=1S/C21H31N5O2/c1-21(2,3)28-20(27)26-11-9-25(10-12-26)19-14-17(16-22)13-18(15-19)24-7-5-23(4)6-8-24/h13-15H,5-12H2,1-4H3. The molecule has 1 aromatic carbocycles. The van der Waals surface area contributed by atoms with Gasteiger partial charge < -0.3 is 24.3 Å². The second-order valence-electron chi connectivity index (χ2n) is 8.59. The van der Waals surface area contributed by atoms with Crippen molar-refractivity contribution in [1.29, 1.82) is 5.26 Å². The highest BCUT2D eigenvalue weighted by molar-refractivity contribution is 5.69. The number of amides is 1. The van der Waals surface area contributed by atoms with Gasteiger partial charge in [-0.1, -0.05) is 0 Å². The van der Waals surface area contributed by atoms with E-state index in [1.54, 1.807) is 4.90 Å². The number of benzene rings is 1. The summed E-state index contributed by atoms with van der Waals surface area (Å²) >= 11 is 0. The maximum atomic E-state index is 12.3. The summed E-state index contributed by atoms with van der Waals surface area (Å²) in [6.07, 6.45) is -0.254. The molecule has 2 aliphatic heterocycles. The third-order valence-corrected chi connectivity index (χ3v) is 5.20. The van der Waals surface area contributed by atoms with Crippen molar-refractivity contribution in [2.24, 2.45) is 0 Å². The second kappa shape index (κ2) is 8.27. The van der Waals surface area contributed by atoms with Crippen LogP contribution in [0.2, 0.25) is 0 Å². The van der Waals surface area contributed by atoms with E-state index >= 15 is 0 Å². The van der Waals surface area contributed by atoms with Gasteiger partial charge in [0.15, 0.2) is 0 Å². The number of piperazine rings is 2. The van der Waals surface area contributed by atoms with E-state index in [-0.39, 0.29) is 6.09 Å². The molecule has 28 heavy (non-hydrogen) atoms. The van der Waals surface area contributed by atoms with E-state index in [2.05, 4.69) is 33.9 Å². The quantitative estimate of drug-likeness (QED) is 0.779. The number of hydrogen-bond donors (Lipinski definition) is 0. The summed E-state index contributed by atoms with van der Waals surface area (Å²) in [5, 5.41) is 9.48. The molecular formula is C21H31N5O2. The third kappa shape index (κ3) is 5.08. The fourth-order valence-corrected chi connectivity index (χ4v) is 3.56. The molecule has 2 aliphatic rings. The van der Waals surface area contributed by atoms with Crippen LogP contribution < -0.4 is 9.80 Å². The van der Waals surface area contributed by atoms with Gasteiger partial charge in [0.2, 0.25) is 0 Å². The Morgan fingerprint density at radius 3 is 1.89 bits per heavy atom. The maximum Gasteiger partial charge on any atom is 0.410 e. The summed E-state index contributed by atoms with van der Waals surface area (Å²) < 4.78 is 5.48. The van der Waals surface area contributed by atoms with E-state index in [4.69, 9.17) is 4.74 Å². The number of anilines is 2. The number of nitrogens with zero attached hydrogens (tertiary/aromatic N) is 5. The summed E-state index contributed by atoms with van der Waals surface area (Å²) in [7, 11) is 2.14. The lowest BCUT2D eigenvalue weighted by molar-refractivity contribution is 0.0240. The first-order valence-corrected chi connectivity index (χ1v) is 9.97. The molecule has 3 rings (SSSR count). The van der Waals surface area contributed by atoms with Crippen LogP contribution in [0.3, 0.4) is 0 Å². The minimum Gasteiger partial charge on any atom is -0.444 e. The van der Waals surface area contributed by atoms with Crippen LogP contribution in [-0.2, 0) is 4.74 Å². The molecule has 7 nitrogen and oxygen atoms in total. The lowest BCUT2D eigenvalue weighted by Crippen LogP contribution is -2.50. The summed E-state index contributed by atoms with van der Waals surface area (Å²) in [6, 6.07) is 8.40. The van der Waals surface area contributed by atoms with E-state index in [0.717, 1.165) is 50.6 Å². The number of rotatable bonds is 2. The molecule has 0 N–H and O–H groups in total. The van der Waals surface area contributed by atoms with Crippen LogP contribution in [0.4, 0.5) is 16.2 Å². The fourth-order valence-electron chi connectivity index (χ4n) is 3.56. The highest BCUT2D eigenvalue weighted by atomic mass is 16.6. The molecule has 152 valence electrons.